The molecule has 7 nitrogen and oxygen atoms in total. The van der Waals surface area contributed by atoms with Gasteiger partial charge in [0.1, 0.15) is 11.6 Å². The Morgan fingerprint density at radius 3 is 2.48 bits per heavy atom. The third-order valence-corrected chi connectivity index (χ3v) is 5.64. The van der Waals surface area contributed by atoms with Gasteiger partial charge in [-0.05, 0) is 37.1 Å². The summed E-state index contributed by atoms with van der Waals surface area (Å²) in [5.74, 6) is 1.94. The first-order chi connectivity index (χ1) is 14.2. The number of piperazine rings is 1. The highest BCUT2D eigenvalue weighted by atomic mass is 16.5. The van der Waals surface area contributed by atoms with Crippen molar-refractivity contribution in [3.05, 3.63) is 42.6 Å². The number of hydrogen-bond donors (Lipinski definition) is 1. The normalized spacial score (nSPS) is 17.8. The summed E-state index contributed by atoms with van der Waals surface area (Å²) < 4.78 is 10.8. The minimum atomic E-state index is 0.0338. The van der Waals surface area contributed by atoms with Gasteiger partial charge in [-0.25, -0.2) is 4.98 Å². The molecule has 1 amide bonds. The molecule has 1 aromatic heterocycles. The summed E-state index contributed by atoms with van der Waals surface area (Å²) in [5, 5.41) is 2.99. The molecule has 0 radical (unpaired) electrons. The number of methoxy groups -OCH3 is 1. The summed E-state index contributed by atoms with van der Waals surface area (Å²) in [7, 11) is 1.71. The fourth-order valence-corrected chi connectivity index (χ4v) is 3.92. The average Bonchev–Trinajstić information content (AvgIpc) is 2.80. The van der Waals surface area contributed by atoms with E-state index < -0.39 is 0 Å². The number of nitrogens with one attached hydrogen (secondary N) is 1. The van der Waals surface area contributed by atoms with Crippen molar-refractivity contribution in [1.29, 1.82) is 0 Å². The van der Waals surface area contributed by atoms with E-state index in [4.69, 9.17) is 9.47 Å². The molecule has 0 atom stereocenters. The van der Waals surface area contributed by atoms with Crippen molar-refractivity contribution in [2.24, 2.45) is 5.92 Å². The molecule has 0 spiro atoms. The van der Waals surface area contributed by atoms with Crippen LogP contribution in [0.4, 0.5) is 17.2 Å². The molecule has 0 unspecified atom stereocenters. The van der Waals surface area contributed by atoms with Crippen LogP contribution in [0.15, 0.2) is 42.6 Å². The standard InChI is InChI=1S/C22H28N4O3/c1-28-20-5-3-2-4-19(20)25-10-12-26(13-11-25)21-7-6-18(16-23-21)24-22(27)17-8-14-29-15-9-17/h2-7,16-17H,8-15H2,1H3,(H,24,27). The number of hydrogen-bond acceptors (Lipinski definition) is 6. The third kappa shape index (κ3) is 4.62. The fraction of sp³-hybridized carbons (Fsp3) is 0.455. The van der Waals surface area contributed by atoms with Gasteiger partial charge < -0.3 is 24.6 Å². The van der Waals surface area contributed by atoms with E-state index in [2.05, 4.69) is 26.2 Å². The highest BCUT2D eigenvalue weighted by Crippen LogP contribution is 2.29. The number of carbonyl (C=O) groups excluding carboxylic acids is 1. The summed E-state index contributed by atoms with van der Waals surface area (Å²) in [6.07, 6.45) is 3.32. The van der Waals surface area contributed by atoms with Gasteiger partial charge in [-0.1, -0.05) is 12.1 Å². The summed E-state index contributed by atoms with van der Waals surface area (Å²) >= 11 is 0. The Morgan fingerprint density at radius 2 is 1.79 bits per heavy atom. The van der Waals surface area contributed by atoms with Gasteiger partial charge in [0.2, 0.25) is 5.91 Å². The molecule has 2 fully saturated rings. The van der Waals surface area contributed by atoms with Gasteiger partial charge in [0.05, 0.1) is 24.7 Å². The number of amides is 1. The first-order valence-electron chi connectivity index (χ1n) is 10.2. The summed E-state index contributed by atoms with van der Waals surface area (Å²) in [5.41, 5.74) is 1.88. The lowest BCUT2D eigenvalue weighted by molar-refractivity contribution is -0.122. The monoisotopic (exact) mass is 396 g/mol. The summed E-state index contributed by atoms with van der Waals surface area (Å²) in [6.45, 7) is 4.92. The number of benzene rings is 1. The molecular weight excluding hydrogens is 368 g/mol. The van der Waals surface area contributed by atoms with Crippen LogP contribution in [0.1, 0.15) is 12.8 Å². The van der Waals surface area contributed by atoms with Gasteiger partial charge >= 0.3 is 0 Å². The van der Waals surface area contributed by atoms with Gasteiger partial charge in [-0.15, -0.1) is 0 Å². The van der Waals surface area contributed by atoms with Gasteiger partial charge in [-0.3, -0.25) is 4.79 Å². The number of para-hydroxylation sites is 2. The molecule has 2 aliphatic rings. The lowest BCUT2D eigenvalue weighted by Gasteiger charge is -2.37. The van der Waals surface area contributed by atoms with Crippen molar-refractivity contribution in [3.8, 4) is 5.75 Å². The SMILES string of the molecule is COc1ccccc1N1CCN(c2ccc(NC(=O)C3CCOCC3)cn2)CC1. The van der Waals surface area contributed by atoms with Crippen molar-refractivity contribution in [2.45, 2.75) is 12.8 Å². The average molecular weight is 396 g/mol. The van der Waals surface area contributed by atoms with Gasteiger partial charge in [-0.2, -0.15) is 0 Å². The molecule has 154 valence electrons. The number of anilines is 3. The molecule has 7 heteroatoms. The maximum Gasteiger partial charge on any atom is 0.227 e. The Bertz CT molecular complexity index is 813. The number of ether oxygens (including phenoxy) is 2. The minimum absolute atomic E-state index is 0.0338. The van der Waals surface area contributed by atoms with Crippen molar-refractivity contribution in [3.63, 3.8) is 0 Å². The van der Waals surface area contributed by atoms with Crippen molar-refractivity contribution in [1.82, 2.24) is 4.98 Å². The van der Waals surface area contributed by atoms with E-state index in [0.29, 0.717) is 13.2 Å². The van der Waals surface area contributed by atoms with E-state index in [9.17, 15) is 4.79 Å². The Morgan fingerprint density at radius 1 is 1.07 bits per heavy atom. The highest BCUT2D eigenvalue weighted by Gasteiger charge is 2.22. The summed E-state index contributed by atoms with van der Waals surface area (Å²) in [4.78, 5) is 21.6. The van der Waals surface area contributed by atoms with Gasteiger partial charge in [0.15, 0.2) is 0 Å². The lowest BCUT2D eigenvalue weighted by atomic mass is 9.99. The van der Waals surface area contributed by atoms with E-state index in [0.717, 1.165) is 62.0 Å². The van der Waals surface area contributed by atoms with Crippen molar-refractivity contribution < 1.29 is 14.3 Å². The molecule has 2 aromatic rings. The molecule has 4 rings (SSSR count). The number of aromatic nitrogens is 1. The van der Waals surface area contributed by atoms with Crippen LogP contribution < -0.4 is 19.9 Å². The van der Waals surface area contributed by atoms with Crippen molar-refractivity contribution >= 4 is 23.1 Å². The second kappa shape index (κ2) is 9.13. The second-order valence-electron chi connectivity index (χ2n) is 7.43. The van der Waals surface area contributed by atoms with E-state index in [1.807, 2.05) is 30.3 Å². The van der Waals surface area contributed by atoms with E-state index in [1.165, 1.54) is 0 Å². The molecule has 2 saturated heterocycles. The van der Waals surface area contributed by atoms with Crippen LogP contribution in [0.5, 0.6) is 5.75 Å². The van der Waals surface area contributed by atoms with E-state index in [1.54, 1.807) is 13.3 Å². The number of nitrogens with zero attached hydrogens (tertiary/aromatic N) is 3. The topological polar surface area (TPSA) is 66.9 Å². The molecule has 1 N–H and O–H groups in total. The van der Waals surface area contributed by atoms with Crippen LogP contribution >= 0.6 is 0 Å². The lowest BCUT2D eigenvalue weighted by Crippen LogP contribution is -2.46. The van der Waals surface area contributed by atoms with Gasteiger partial charge in [0, 0.05) is 45.3 Å². The zero-order chi connectivity index (χ0) is 20.1. The van der Waals surface area contributed by atoms with Crippen LogP contribution in [0, 0.1) is 5.92 Å². The Labute approximate surface area is 171 Å². The van der Waals surface area contributed by atoms with Crippen LogP contribution in [0.2, 0.25) is 0 Å². The minimum Gasteiger partial charge on any atom is -0.495 e. The molecule has 2 aliphatic heterocycles. The zero-order valence-corrected chi connectivity index (χ0v) is 16.8. The van der Waals surface area contributed by atoms with Crippen LogP contribution in [0.3, 0.4) is 0 Å². The molecule has 3 heterocycles. The van der Waals surface area contributed by atoms with Crippen LogP contribution in [-0.2, 0) is 9.53 Å². The predicted octanol–water partition coefficient (Wildman–Crippen LogP) is 2.78. The van der Waals surface area contributed by atoms with Crippen LogP contribution in [-0.4, -0.2) is 57.4 Å². The number of carbonyl (C=O) groups is 1. The Hall–Kier alpha value is -2.80. The maximum absolute atomic E-state index is 12.4. The van der Waals surface area contributed by atoms with Crippen molar-refractivity contribution in [2.75, 3.05) is 61.6 Å². The molecule has 0 aliphatic carbocycles. The largest absolute Gasteiger partial charge is 0.495 e. The smallest absolute Gasteiger partial charge is 0.227 e. The molecule has 0 bridgehead atoms. The molecule has 0 saturated carbocycles. The Balaban J connectivity index is 1.32. The Kier molecular flexibility index (Phi) is 6.14. The predicted molar refractivity (Wildman–Crippen MR) is 114 cm³/mol. The maximum atomic E-state index is 12.4. The fourth-order valence-electron chi connectivity index (χ4n) is 3.92. The third-order valence-electron chi connectivity index (χ3n) is 5.64. The van der Waals surface area contributed by atoms with Crippen LogP contribution in [0.25, 0.3) is 0 Å². The molecule has 1 aromatic carbocycles. The summed E-state index contributed by atoms with van der Waals surface area (Å²) in [6, 6.07) is 12.0. The number of pyridine rings is 1. The molecule has 29 heavy (non-hydrogen) atoms. The van der Waals surface area contributed by atoms with Gasteiger partial charge in [0.25, 0.3) is 0 Å². The zero-order valence-electron chi connectivity index (χ0n) is 16.8. The molecular formula is C22H28N4O3. The van der Waals surface area contributed by atoms with E-state index >= 15 is 0 Å². The highest BCUT2D eigenvalue weighted by molar-refractivity contribution is 5.92. The number of rotatable bonds is 5. The first kappa shape index (κ1) is 19.5. The first-order valence-corrected chi connectivity index (χ1v) is 10.2. The van der Waals surface area contributed by atoms with E-state index in [-0.39, 0.29) is 11.8 Å². The second-order valence-corrected chi connectivity index (χ2v) is 7.43. The quantitative estimate of drug-likeness (QED) is 0.838.